The van der Waals surface area contributed by atoms with E-state index >= 15 is 0 Å². The number of halogens is 1. The topological polar surface area (TPSA) is 156 Å². The minimum Gasteiger partial charge on any atom is -0.457 e. The average Bonchev–Trinajstić information content (AvgIpc) is 3.45. The summed E-state index contributed by atoms with van der Waals surface area (Å²) in [6.45, 7) is 0.0665. The largest absolute Gasteiger partial charge is 0.457 e. The number of carbonyl (C=O) groups is 1. The molecular weight excluding hydrogens is 470 g/mol. The van der Waals surface area contributed by atoms with Crippen LogP contribution in [0.1, 0.15) is 16.3 Å². The highest BCUT2D eigenvalue weighted by atomic mass is 35.5. The SMILES string of the molecule is O=C(Nc1cc(Oc2ccc(Cl)cc2)cc([N+](=O)[O-])c1)c1ccc(Cn2cc([N+](=O)[O-])cn2)o1. The molecule has 0 aliphatic heterocycles. The second kappa shape index (κ2) is 9.42. The van der Waals surface area contributed by atoms with Crippen LogP contribution in [0.15, 0.2) is 71.4 Å². The maximum absolute atomic E-state index is 12.6. The molecule has 0 radical (unpaired) electrons. The van der Waals surface area contributed by atoms with Gasteiger partial charge in [-0.25, -0.2) is 0 Å². The van der Waals surface area contributed by atoms with Crippen molar-refractivity contribution in [3.05, 3.63) is 104 Å². The van der Waals surface area contributed by atoms with Crippen molar-refractivity contribution in [2.75, 3.05) is 5.32 Å². The summed E-state index contributed by atoms with van der Waals surface area (Å²) in [6, 6.07) is 13.1. The summed E-state index contributed by atoms with van der Waals surface area (Å²) in [7, 11) is 0. The first-order valence-electron chi connectivity index (χ1n) is 9.56. The fourth-order valence-electron chi connectivity index (χ4n) is 2.93. The second-order valence-electron chi connectivity index (χ2n) is 6.90. The number of carbonyl (C=O) groups excluding carboxylic acids is 1. The molecule has 0 fully saturated rings. The molecule has 0 unspecified atom stereocenters. The minimum atomic E-state index is -0.657. The van der Waals surface area contributed by atoms with Crippen LogP contribution in [-0.4, -0.2) is 25.5 Å². The number of furan rings is 1. The number of hydrogen-bond donors (Lipinski definition) is 1. The third-order valence-corrected chi connectivity index (χ3v) is 4.70. The van der Waals surface area contributed by atoms with Gasteiger partial charge in [0, 0.05) is 17.2 Å². The summed E-state index contributed by atoms with van der Waals surface area (Å²) in [5, 5.41) is 29.0. The predicted molar refractivity (Wildman–Crippen MR) is 119 cm³/mol. The van der Waals surface area contributed by atoms with E-state index in [1.807, 2.05) is 0 Å². The van der Waals surface area contributed by atoms with E-state index in [1.54, 1.807) is 24.3 Å². The Morgan fingerprint density at radius 2 is 1.76 bits per heavy atom. The first-order valence-corrected chi connectivity index (χ1v) is 9.94. The monoisotopic (exact) mass is 483 g/mol. The number of benzene rings is 2. The Hall–Kier alpha value is -4.71. The summed E-state index contributed by atoms with van der Waals surface area (Å²) in [6.07, 6.45) is 2.33. The van der Waals surface area contributed by atoms with Crippen LogP contribution in [0, 0.1) is 20.2 Å². The molecule has 4 rings (SSSR count). The molecule has 2 aromatic heterocycles. The van der Waals surface area contributed by atoms with E-state index in [0.717, 1.165) is 6.20 Å². The predicted octanol–water partition coefficient (Wildman–Crippen LogP) is 5.04. The van der Waals surface area contributed by atoms with Crippen molar-refractivity contribution in [1.82, 2.24) is 9.78 Å². The number of hydrogen-bond acceptors (Lipinski definition) is 8. The van der Waals surface area contributed by atoms with E-state index in [2.05, 4.69) is 10.4 Å². The van der Waals surface area contributed by atoms with Gasteiger partial charge < -0.3 is 14.5 Å². The molecule has 1 amide bonds. The van der Waals surface area contributed by atoms with Crippen molar-refractivity contribution in [1.29, 1.82) is 0 Å². The van der Waals surface area contributed by atoms with Gasteiger partial charge >= 0.3 is 5.69 Å². The van der Waals surface area contributed by atoms with Crippen LogP contribution in [0.4, 0.5) is 17.1 Å². The quantitative estimate of drug-likeness (QED) is 0.270. The highest BCUT2D eigenvalue weighted by Gasteiger charge is 2.17. The van der Waals surface area contributed by atoms with Gasteiger partial charge in [-0.1, -0.05) is 11.6 Å². The molecule has 0 saturated carbocycles. The van der Waals surface area contributed by atoms with Gasteiger partial charge in [0.2, 0.25) is 0 Å². The fourth-order valence-corrected chi connectivity index (χ4v) is 3.06. The van der Waals surface area contributed by atoms with Gasteiger partial charge in [0.05, 0.1) is 28.1 Å². The molecule has 2 aromatic carbocycles. The highest BCUT2D eigenvalue weighted by molar-refractivity contribution is 6.30. The van der Waals surface area contributed by atoms with Gasteiger partial charge in [-0.2, -0.15) is 5.10 Å². The first kappa shape index (κ1) is 22.5. The lowest BCUT2D eigenvalue weighted by molar-refractivity contribution is -0.385. The summed E-state index contributed by atoms with van der Waals surface area (Å²) >= 11 is 5.85. The number of non-ortho nitro benzene ring substituents is 1. The third kappa shape index (κ3) is 5.37. The van der Waals surface area contributed by atoms with E-state index < -0.39 is 15.8 Å². The van der Waals surface area contributed by atoms with Gasteiger partial charge in [-0.05, 0) is 36.4 Å². The lowest BCUT2D eigenvalue weighted by Crippen LogP contribution is -2.11. The Balaban J connectivity index is 1.49. The summed E-state index contributed by atoms with van der Waals surface area (Å²) in [5.41, 5.74) is -0.349. The average molecular weight is 484 g/mol. The van der Waals surface area contributed by atoms with Crippen LogP contribution in [0.5, 0.6) is 11.5 Å². The number of nitro benzene ring substituents is 1. The first-order chi connectivity index (χ1) is 16.3. The van der Waals surface area contributed by atoms with Gasteiger partial charge in [0.15, 0.2) is 5.76 Å². The molecule has 0 aliphatic rings. The highest BCUT2D eigenvalue weighted by Crippen LogP contribution is 2.30. The van der Waals surface area contributed by atoms with E-state index in [4.69, 9.17) is 20.8 Å². The molecule has 0 atom stereocenters. The van der Waals surface area contributed by atoms with Crippen LogP contribution in [-0.2, 0) is 6.54 Å². The molecule has 0 saturated heterocycles. The molecule has 2 heterocycles. The third-order valence-electron chi connectivity index (χ3n) is 4.44. The maximum Gasteiger partial charge on any atom is 0.307 e. The number of aromatic nitrogens is 2. The van der Waals surface area contributed by atoms with E-state index in [9.17, 15) is 25.0 Å². The molecule has 0 spiro atoms. The standard InChI is InChI=1S/C21H14ClN5O7/c22-13-1-3-17(4-2-13)33-19-8-14(7-15(9-19)26(29)30)24-21(28)20-6-5-18(34-20)12-25-11-16(10-23-25)27(31)32/h1-11H,12H2,(H,24,28). The number of rotatable bonds is 8. The Bertz CT molecular complexity index is 1380. The van der Waals surface area contributed by atoms with Crippen LogP contribution in [0.3, 0.4) is 0 Å². The molecule has 12 nitrogen and oxygen atoms in total. The Kier molecular flexibility index (Phi) is 6.23. The Labute approximate surface area is 195 Å². The van der Waals surface area contributed by atoms with Crippen molar-refractivity contribution in [3.8, 4) is 11.5 Å². The van der Waals surface area contributed by atoms with Crippen molar-refractivity contribution in [2.45, 2.75) is 6.54 Å². The molecule has 34 heavy (non-hydrogen) atoms. The van der Waals surface area contributed by atoms with Crippen molar-refractivity contribution in [3.63, 3.8) is 0 Å². The van der Waals surface area contributed by atoms with E-state index in [-0.39, 0.29) is 35.1 Å². The minimum absolute atomic E-state index is 0.0664. The smallest absolute Gasteiger partial charge is 0.307 e. The van der Waals surface area contributed by atoms with Crippen LogP contribution < -0.4 is 10.1 Å². The second-order valence-corrected chi connectivity index (χ2v) is 7.34. The molecule has 0 bridgehead atoms. The number of nitrogens with zero attached hydrogens (tertiary/aromatic N) is 4. The zero-order valence-electron chi connectivity index (χ0n) is 17.1. The summed E-state index contributed by atoms with van der Waals surface area (Å²) in [5.74, 6) is 0.136. The zero-order valence-corrected chi connectivity index (χ0v) is 17.8. The van der Waals surface area contributed by atoms with Gasteiger partial charge in [-0.15, -0.1) is 0 Å². The van der Waals surface area contributed by atoms with Gasteiger partial charge in [0.1, 0.15) is 29.7 Å². The lowest BCUT2D eigenvalue weighted by Gasteiger charge is -2.09. The summed E-state index contributed by atoms with van der Waals surface area (Å²) in [4.78, 5) is 33.5. The molecule has 0 aliphatic carbocycles. The zero-order chi connectivity index (χ0) is 24.2. The van der Waals surface area contributed by atoms with Gasteiger partial charge in [0.25, 0.3) is 11.6 Å². The van der Waals surface area contributed by atoms with Crippen LogP contribution in [0.2, 0.25) is 5.02 Å². The molecular formula is C21H14ClN5O7. The number of nitrogens with one attached hydrogen (secondary N) is 1. The summed E-state index contributed by atoms with van der Waals surface area (Å²) < 4.78 is 12.4. The van der Waals surface area contributed by atoms with Crippen molar-refractivity contribution < 1.29 is 23.8 Å². The van der Waals surface area contributed by atoms with Crippen molar-refractivity contribution >= 4 is 34.6 Å². The number of amides is 1. The van der Waals surface area contributed by atoms with Crippen LogP contribution >= 0.6 is 11.6 Å². The molecule has 172 valence electrons. The van der Waals surface area contributed by atoms with E-state index in [1.165, 1.54) is 41.2 Å². The normalized spacial score (nSPS) is 10.6. The molecule has 1 N–H and O–H groups in total. The molecule has 4 aromatic rings. The number of nitro groups is 2. The fraction of sp³-hybridized carbons (Fsp3) is 0.0476. The number of ether oxygens (including phenoxy) is 1. The Morgan fingerprint density at radius 3 is 2.44 bits per heavy atom. The molecule has 13 heteroatoms. The van der Waals surface area contributed by atoms with Crippen LogP contribution in [0.25, 0.3) is 0 Å². The number of anilines is 1. The maximum atomic E-state index is 12.6. The lowest BCUT2D eigenvalue weighted by atomic mass is 10.2. The van der Waals surface area contributed by atoms with E-state index in [0.29, 0.717) is 16.5 Å². The van der Waals surface area contributed by atoms with Gasteiger partial charge in [-0.3, -0.25) is 29.7 Å². The van der Waals surface area contributed by atoms with Crippen molar-refractivity contribution in [2.24, 2.45) is 0 Å². The Morgan fingerprint density at radius 1 is 1.03 bits per heavy atom.